The number of imide groups is 1. The Hall–Kier alpha value is -2.51. The number of piperidine rings is 1. The van der Waals surface area contributed by atoms with Crippen LogP contribution in [0.3, 0.4) is 0 Å². The summed E-state index contributed by atoms with van der Waals surface area (Å²) in [6.07, 6.45) is 0. The van der Waals surface area contributed by atoms with Crippen LogP contribution in [0.25, 0.3) is 10.9 Å². The van der Waals surface area contributed by atoms with Gasteiger partial charge in [0.1, 0.15) is 35.4 Å². The normalized spacial score (nSPS) is 23.2. The maximum absolute atomic E-state index is 13.1. The quantitative estimate of drug-likeness (QED) is 0.337. The smallest absolute Gasteiger partial charge is 0.264 e. The minimum absolute atomic E-state index is 0.288. The van der Waals surface area contributed by atoms with Gasteiger partial charge in [0, 0.05) is 11.5 Å². The van der Waals surface area contributed by atoms with E-state index < -0.39 is 23.0 Å². The number of nitrogens with two attached hydrogens (primary N) is 1. The van der Waals surface area contributed by atoms with E-state index in [2.05, 4.69) is 10.3 Å². The van der Waals surface area contributed by atoms with Crippen LogP contribution in [0.1, 0.15) is 11.9 Å². The molecule has 2 amide bonds. The number of carbonyl (C=O) groups excluding carboxylic acids is 2. The molecule has 7 nitrogen and oxygen atoms in total. The number of aromatic nitrogens is 2. The number of nitrogens with one attached hydrogen (secondary N) is 1. The summed E-state index contributed by atoms with van der Waals surface area (Å²) < 4.78 is 1.36. The van der Waals surface area contributed by atoms with Gasteiger partial charge < -0.3 is 5.73 Å². The average Bonchev–Trinajstić information content (AvgIpc) is 2.48. The van der Waals surface area contributed by atoms with Crippen molar-refractivity contribution in [3.63, 3.8) is 0 Å². The molecule has 1 aromatic carbocycles. The van der Waals surface area contributed by atoms with Crippen molar-refractivity contribution in [2.45, 2.75) is 24.0 Å². The van der Waals surface area contributed by atoms with Crippen molar-refractivity contribution >= 4 is 51.9 Å². The number of rotatable bonds is 1. The molecule has 2 unspecified atom stereocenters. The highest BCUT2D eigenvalue weighted by molar-refractivity contribution is 6.50. The van der Waals surface area contributed by atoms with E-state index in [4.69, 9.17) is 5.73 Å². The topological polar surface area (TPSA) is 107 Å². The van der Waals surface area contributed by atoms with Crippen LogP contribution < -0.4 is 16.6 Å². The molecule has 0 radical (unpaired) electrons. The Kier molecular flexibility index (Phi) is 3.58. The number of amides is 2. The first-order valence-corrected chi connectivity index (χ1v) is 7.78. The van der Waals surface area contributed by atoms with Crippen LogP contribution in [0.4, 0.5) is 5.69 Å². The van der Waals surface area contributed by atoms with Crippen molar-refractivity contribution in [3.8, 4) is 0 Å². The summed E-state index contributed by atoms with van der Waals surface area (Å²) in [5.74, 6) is -0.854. The summed E-state index contributed by atoms with van der Waals surface area (Å²) in [4.78, 5) is 42.0. The van der Waals surface area contributed by atoms with Crippen LogP contribution in [0, 0.1) is 6.92 Å². The molecule has 0 saturated carbocycles. The maximum Gasteiger partial charge on any atom is 0.264 e. The molecule has 2 aromatic rings. The molecule has 3 rings (SSSR count). The highest BCUT2D eigenvalue weighted by Gasteiger charge is 2.48. The minimum atomic E-state index is -0.839. The zero-order valence-electron chi connectivity index (χ0n) is 14.1. The third kappa shape index (κ3) is 2.17. The molecule has 0 spiro atoms. The number of anilines is 1. The third-order valence-corrected chi connectivity index (χ3v) is 5.11. The molecule has 1 aliphatic heterocycles. The molecule has 0 aliphatic carbocycles. The summed E-state index contributed by atoms with van der Waals surface area (Å²) in [5, 5.41) is 1.90. The van der Waals surface area contributed by atoms with Gasteiger partial charge in [0.15, 0.2) is 0 Å². The van der Waals surface area contributed by atoms with E-state index in [1.54, 1.807) is 33.0 Å². The highest BCUT2D eigenvalue weighted by atomic mass is 16.2. The lowest BCUT2D eigenvalue weighted by atomic mass is 9.39. The van der Waals surface area contributed by atoms with E-state index in [1.165, 1.54) is 4.57 Å². The Balaban J connectivity index is 2.33. The molecule has 1 fully saturated rings. The largest absolute Gasteiger partial charge is 0.398 e. The molecule has 2 heterocycles. The fourth-order valence-corrected chi connectivity index (χ4v) is 3.34. The van der Waals surface area contributed by atoms with Crippen molar-refractivity contribution in [2.24, 2.45) is 0 Å². The van der Waals surface area contributed by atoms with Gasteiger partial charge in [-0.25, -0.2) is 4.98 Å². The van der Waals surface area contributed by atoms with E-state index in [9.17, 15) is 14.4 Å². The van der Waals surface area contributed by atoms with Crippen molar-refractivity contribution in [3.05, 3.63) is 34.4 Å². The van der Waals surface area contributed by atoms with E-state index in [-0.39, 0.29) is 16.9 Å². The first-order valence-electron chi connectivity index (χ1n) is 7.78. The third-order valence-electron chi connectivity index (χ3n) is 5.11. The first-order chi connectivity index (χ1) is 11.2. The van der Waals surface area contributed by atoms with Crippen LogP contribution in [0.5, 0.6) is 0 Å². The average molecular weight is 322 g/mol. The lowest BCUT2D eigenvalue weighted by Gasteiger charge is -2.43. The van der Waals surface area contributed by atoms with Crippen LogP contribution in [0.15, 0.2) is 23.0 Å². The molecular formula is C14H17B3N4O3. The summed E-state index contributed by atoms with van der Waals surface area (Å²) in [6, 6.07) is 4.23. The van der Waals surface area contributed by atoms with Gasteiger partial charge in [0.05, 0.1) is 10.9 Å². The van der Waals surface area contributed by atoms with E-state index in [1.807, 2.05) is 15.7 Å². The molecule has 10 heteroatoms. The van der Waals surface area contributed by atoms with Gasteiger partial charge >= 0.3 is 0 Å². The molecule has 1 aromatic heterocycles. The van der Waals surface area contributed by atoms with Crippen LogP contribution in [0.2, 0.25) is 11.0 Å². The fraction of sp³-hybridized carbons (Fsp3) is 0.286. The predicted molar refractivity (Wildman–Crippen MR) is 99.4 cm³/mol. The Morgan fingerprint density at radius 2 is 1.92 bits per heavy atom. The predicted octanol–water partition coefficient (Wildman–Crippen LogP) is -2.71. The summed E-state index contributed by atoms with van der Waals surface area (Å²) in [7, 11) is 5.37. The summed E-state index contributed by atoms with van der Waals surface area (Å²) >= 11 is 0. The molecule has 0 bridgehead atoms. The van der Waals surface area contributed by atoms with Gasteiger partial charge in [-0.05, 0) is 19.1 Å². The zero-order chi connectivity index (χ0) is 17.8. The number of benzene rings is 1. The number of carbonyl (C=O) groups is 2. The number of nitrogen functional groups attached to an aromatic ring is 1. The molecule has 1 saturated heterocycles. The second-order valence-electron chi connectivity index (χ2n) is 6.87. The van der Waals surface area contributed by atoms with E-state index >= 15 is 0 Å². The number of nitrogens with zero attached hydrogens (tertiary/aromatic N) is 2. The number of fused-ring (bicyclic) bond motifs is 1. The second-order valence-corrected chi connectivity index (χ2v) is 6.87. The minimum Gasteiger partial charge on any atom is -0.398 e. The number of hydrogen-bond acceptors (Lipinski definition) is 5. The molecule has 2 atom stereocenters. The van der Waals surface area contributed by atoms with Crippen LogP contribution in [-0.4, -0.2) is 44.9 Å². The Morgan fingerprint density at radius 3 is 2.58 bits per heavy atom. The van der Waals surface area contributed by atoms with Gasteiger partial charge in [-0.1, -0.05) is 11.3 Å². The monoisotopic (exact) mass is 322 g/mol. The van der Waals surface area contributed by atoms with Crippen LogP contribution >= 0.6 is 0 Å². The molecule has 3 N–H and O–H groups in total. The lowest BCUT2D eigenvalue weighted by Crippen LogP contribution is -2.55. The van der Waals surface area contributed by atoms with Gasteiger partial charge in [0.2, 0.25) is 11.8 Å². The SMILES string of the molecule is BC1C(=O)NC(=O)C(n2c(C)nc3cccc(N)c3c2=O)C1(B)B. The number of hydrogen-bond donors (Lipinski definition) is 2. The first kappa shape index (κ1) is 16.4. The second kappa shape index (κ2) is 5.26. The number of aryl methyl sites for hydroxylation is 1. The fourth-order valence-electron chi connectivity index (χ4n) is 3.34. The molecule has 1 aliphatic rings. The standard InChI is InChI=1S/C14H17B3N4O3/c1-5-19-7-4-2-3-6(18)8(7)13(24)21(5)10-12(23)20-11(22)9(15)14(10,16)17/h2-4,9-10H,15-18H2,1H3,(H,20,22,23). The zero-order valence-corrected chi connectivity index (χ0v) is 14.1. The van der Waals surface area contributed by atoms with Crippen LogP contribution in [-0.2, 0) is 9.59 Å². The van der Waals surface area contributed by atoms with E-state index in [0.717, 1.165) is 0 Å². The Labute approximate surface area is 141 Å². The van der Waals surface area contributed by atoms with Crippen molar-refractivity contribution in [2.75, 3.05) is 5.73 Å². The van der Waals surface area contributed by atoms with Crippen molar-refractivity contribution < 1.29 is 9.59 Å². The van der Waals surface area contributed by atoms with Gasteiger partial charge in [-0.15, -0.1) is 0 Å². The molecule has 120 valence electrons. The molecular weight excluding hydrogens is 305 g/mol. The maximum atomic E-state index is 13.1. The molecule has 24 heavy (non-hydrogen) atoms. The van der Waals surface area contributed by atoms with Crippen molar-refractivity contribution in [1.29, 1.82) is 0 Å². The summed E-state index contributed by atoms with van der Waals surface area (Å²) in [5.41, 5.74) is 6.39. The Bertz CT molecular complexity index is 941. The highest BCUT2D eigenvalue weighted by Crippen LogP contribution is 2.45. The van der Waals surface area contributed by atoms with Gasteiger partial charge in [0.25, 0.3) is 5.56 Å². The van der Waals surface area contributed by atoms with Gasteiger partial charge in [-0.2, -0.15) is 0 Å². The van der Waals surface area contributed by atoms with Crippen molar-refractivity contribution in [1.82, 2.24) is 14.9 Å². The van der Waals surface area contributed by atoms with Gasteiger partial charge in [-0.3, -0.25) is 24.3 Å². The Morgan fingerprint density at radius 1 is 1.25 bits per heavy atom. The summed E-state index contributed by atoms with van der Waals surface area (Å²) in [6.45, 7) is 1.68. The lowest BCUT2D eigenvalue weighted by molar-refractivity contribution is -0.136. The van der Waals surface area contributed by atoms with E-state index in [0.29, 0.717) is 17.0 Å².